The molecule has 0 aliphatic carbocycles. The summed E-state index contributed by atoms with van der Waals surface area (Å²) in [5.41, 5.74) is 1.10. The standard InChI is InChI=1S/C19H24F2N2O6/c1-5-28-17(24)15-11(2)23(8-9-26-3)19(25)22-16(15)12-6-7-13(29-18(20)21)14(10-12)27-4/h6-7,10,16,18H,5,8-9H2,1-4H3,(H,22,25). The van der Waals surface area contributed by atoms with Gasteiger partial charge in [0, 0.05) is 12.8 Å². The van der Waals surface area contributed by atoms with Crippen molar-refractivity contribution in [2.75, 3.05) is 34.0 Å². The summed E-state index contributed by atoms with van der Waals surface area (Å²) < 4.78 is 44.9. The summed E-state index contributed by atoms with van der Waals surface area (Å²) in [5.74, 6) is -0.711. The second kappa shape index (κ2) is 10.1. The Hall–Kier alpha value is -2.88. The van der Waals surface area contributed by atoms with Gasteiger partial charge in [0.25, 0.3) is 0 Å². The van der Waals surface area contributed by atoms with Crippen LogP contribution in [0, 0.1) is 0 Å². The molecule has 2 rings (SSSR count). The zero-order valence-corrected chi connectivity index (χ0v) is 16.7. The first-order valence-corrected chi connectivity index (χ1v) is 8.91. The molecule has 0 fully saturated rings. The van der Waals surface area contributed by atoms with Crippen LogP contribution in [-0.2, 0) is 14.3 Å². The Bertz CT molecular complexity index is 784. The highest BCUT2D eigenvalue weighted by Gasteiger charge is 2.36. The van der Waals surface area contributed by atoms with Crippen LogP contribution in [0.15, 0.2) is 29.5 Å². The van der Waals surface area contributed by atoms with Crippen molar-refractivity contribution in [3.05, 3.63) is 35.0 Å². The van der Waals surface area contributed by atoms with E-state index in [1.54, 1.807) is 13.8 Å². The van der Waals surface area contributed by atoms with Crippen molar-refractivity contribution in [1.29, 1.82) is 0 Å². The third-order valence-electron chi connectivity index (χ3n) is 4.35. The van der Waals surface area contributed by atoms with E-state index in [1.165, 1.54) is 37.3 Å². The fourth-order valence-corrected chi connectivity index (χ4v) is 3.01. The Morgan fingerprint density at radius 1 is 1.28 bits per heavy atom. The number of halogens is 2. The molecular weight excluding hydrogens is 390 g/mol. The van der Waals surface area contributed by atoms with Crippen molar-refractivity contribution in [3.8, 4) is 11.5 Å². The second-order valence-corrected chi connectivity index (χ2v) is 6.04. The van der Waals surface area contributed by atoms with Crippen LogP contribution in [0.4, 0.5) is 13.6 Å². The minimum absolute atomic E-state index is 0.0414. The molecule has 160 valence electrons. The second-order valence-electron chi connectivity index (χ2n) is 6.04. The first-order valence-electron chi connectivity index (χ1n) is 8.91. The van der Waals surface area contributed by atoms with Crippen LogP contribution in [0.3, 0.4) is 0 Å². The molecule has 1 heterocycles. The normalized spacial score (nSPS) is 16.7. The summed E-state index contributed by atoms with van der Waals surface area (Å²) in [5, 5.41) is 2.75. The van der Waals surface area contributed by atoms with Crippen LogP contribution in [-0.4, -0.2) is 57.5 Å². The molecule has 0 bridgehead atoms. The number of allylic oxidation sites excluding steroid dienone is 1. The Morgan fingerprint density at radius 2 is 2.00 bits per heavy atom. The molecule has 1 aliphatic heterocycles. The number of methoxy groups -OCH3 is 2. The van der Waals surface area contributed by atoms with Crippen LogP contribution < -0.4 is 14.8 Å². The van der Waals surface area contributed by atoms with Crippen LogP contribution in [0.25, 0.3) is 0 Å². The van der Waals surface area contributed by atoms with Gasteiger partial charge in [0.2, 0.25) is 0 Å². The predicted octanol–water partition coefficient (Wildman–Crippen LogP) is 2.85. The molecule has 1 atom stereocenters. The quantitative estimate of drug-likeness (QED) is 0.626. The van der Waals surface area contributed by atoms with E-state index in [-0.39, 0.29) is 36.8 Å². The number of nitrogens with one attached hydrogen (secondary N) is 1. The van der Waals surface area contributed by atoms with Gasteiger partial charge in [-0.3, -0.25) is 4.90 Å². The van der Waals surface area contributed by atoms with E-state index < -0.39 is 24.7 Å². The number of amides is 2. The lowest BCUT2D eigenvalue weighted by atomic mass is 9.94. The van der Waals surface area contributed by atoms with Crippen LogP contribution in [0.2, 0.25) is 0 Å². The van der Waals surface area contributed by atoms with Gasteiger partial charge in [-0.05, 0) is 31.5 Å². The lowest BCUT2D eigenvalue weighted by Crippen LogP contribution is -2.49. The van der Waals surface area contributed by atoms with Gasteiger partial charge in [-0.1, -0.05) is 6.07 Å². The van der Waals surface area contributed by atoms with Gasteiger partial charge in [-0.2, -0.15) is 8.78 Å². The summed E-state index contributed by atoms with van der Waals surface area (Å²) in [6.07, 6.45) is 0. The molecule has 2 amide bonds. The number of esters is 1. The number of carbonyl (C=O) groups excluding carboxylic acids is 2. The highest BCUT2D eigenvalue weighted by Crippen LogP contribution is 2.36. The maximum absolute atomic E-state index is 12.6. The molecule has 1 aromatic rings. The Kier molecular flexibility index (Phi) is 7.77. The molecule has 29 heavy (non-hydrogen) atoms. The van der Waals surface area contributed by atoms with Gasteiger partial charge in [0.1, 0.15) is 0 Å². The Labute approximate surface area is 167 Å². The number of nitrogens with zero attached hydrogens (tertiary/aromatic N) is 1. The van der Waals surface area contributed by atoms with E-state index in [4.69, 9.17) is 14.2 Å². The molecule has 0 radical (unpaired) electrons. The molecule has 0 aromatic heterocycles. The summed E-state index contributed by atoms with van der Waals surface area (Å²) in [7, 11) is 2.81. The largest absolute Gasteiger partial charge is 0.493 e. The monoisotopic (exact) mass is 414 g/mol. The van der Waals surface area contributed by atoms with Gasteiger partial charge in [0.05, 0.1) is 38.5 Å². The van der Waals surface area contributed by atoms with E-state index in [2.05, 4.69) is 10.1 Å². The van der Waals surface area contributed by atoms with Crippen LogP contribution >= 0.6 is 0 Å². The van der Waals surface area contributed by atoms with Crippen molar-refractivity contribution in [2.24, 2.45) is 0 Å². The zero-order valence-electron chi connectivity index (χ0n) is 16.7. The van der Waals surface area contributed by atoms with E-state index in [9.17, 15) is 18.4 Å². The van der Waals surface area contributed by atoms with E-state index in [1.807, 2.05) is 0 Å². The fourth-order valence-electron chi connectivity index (χ4n) is 3.01. The van der Waals surface area contributed by atoms with Crippen molar-refractivity contribution in [1.82, 2.24) is 10.2 Å². The van der Waals surface area contributed by atoms with Gasteiger partial charge < -0.3 is 24.3 Å². The SMILES string of the molecule is CCOC(=O)C1=C(C)N(CCOC)C(=O)NC1c1ccc(OC(F)F)c(OC)c1. The number of carbonyl (C=O) groups is 2. The van der Waals surface area contributed by atoms with Crippen LogP contribution in [0.5, 0.6) is 11.5 Å². The number of urea groups is 1. The average Bonchev–Trinajstić information content (AvgIpc) is 2.67. The lowest BCUT2D eigenvalue weighted by Gasteiger charge is -2.35. The third-order valence-corrected chi connectivity index (χ3v) is 4.35. The van der Waals surface area contributed by atoms with E-state index in [0.29, 0.717) is 11.3 Å². The first kappa shape index (κ1) is 22.4. The van der Waals surface area contributed by atoms with Crippen LogP contribution in [0.1, 0.15) is 25.5 Å². The molecule has 1 unspecified atom stereocenters. The number of benzene rings is 1. The maximum atomic E-state index is 12.6. The molecule has 1 N–H and O–H groups in total. The molecule has 1 aliphatic rings. The highest BCUT2D eigenvalue weighted by atomic mass is 19.3. The molecule has 1 aromatic carbocycles. The molecule has 8 nitrogen and oxygen atoms in total. The molecule has 0 saturated carbocycles. The minimum Gasteiger partial charge on any atom is -0.493 e. The maximum Gasteiger partial charge on any atom is 0.387 e. The van der Waals surface area contributed by atoms with Gasteiger partial charge in [0.15, 0.2) is 11.5 Å². The molecule has 0 spiro atoms. The molecule has 10 heteroatoms. The molecular formula is C19H24F2N2O6. The Balaban J connectivity index is 2.50. The minimum atomic E-state index is -3.02. The summed E-state index contributed by atoms with van der Waals surface area (Å²) in [6, 6.07) is 2.92. The third kappa shape index (κ3) is 5.14. The van der Waals surface area contributed by atoms with E-state index in [0.717, 1.165) is 0 Å². The van der Waals surface area contributed by atoms with Gasteiger partial charge in [-0.25, -0.2) is 9.59 Å². The number of ether oxygens (including phenoxy) is 4. The van der Waals surface area contributed by atoms with Gasteiger partial charge >= 0.3 is 18.6 Å². The lowest BCUT2D eigenvalue weighted by molar-refractivity contribution is -0.139. The topological polar surface area (TPSA) is 86.3 Å². The summed E-state index contributed by atoms with van der Waals surface area (Å²) in [4.78, 5) is 26.6. The number of rotatable bonds is 9. The fraction of sp³-hybridized carbons (Fsp3) is 0.474. The number of hydrogen-bond acceptors (Lipinski definition) is 6. The first-order chi connectivity index (χ1) is 13.8. The molecule has 0 saturated heterocycles. The summed E-state index contributed by atoms with van der Waals surface area (Å²) in [6.45, 7) is 0.966. The van der Waals surface area contributed by atoms with E-state index >= 15 is 0 Å². The Morgan fingerprint density at radius 3 is 2.59 bits per heavy atom. The smallest absolute Gasteiger partial charge is 0.387 e. The van der Waals surface area contributed by atoms with Crippen molar-refractivity contribution in [2.45, 2.75) is 26.5 Å². The zero-order chi connectivity index (χ0) is 21.6. The number of alkyl halides is 2. The van der Waals surface area contributed by atoms with Gasteiger partial charge in [-0.15, -0.1) is 0 Å². The average molecular weight is 414 g/mol. The van der Waals surface area contributed by atoms with Crippen molar-refractivity contribution >= 4 is 12.0 Å². The summed E-state index contributed by atoms with van der Waals surface area (Å²) >= 11 is 0. The highest BCUT2D eigenvalue weighted by molar-refractivity contribution is 5.95. The van der Waals surface area contributed by atoms with Crippen molar-refractivity contribution in [3.63, 3.8) is 0 Å². The predicted molar refractivity (Wildman–Crippen MR) is 98.8 cm³/mol. The number of hydrogen-bond donors (Lipinski definition) is 1. The van der Waals surface area contributed by atoms with Crippen molar-refractivity contribution < 1.29 is 37.3 Å².